The number of esters is 1. The zero-order valence-corrected chi connectivity index (χ0v) is 13.0. The van der Waals surface area contributed by atoms with E-state index in [0.717, 1.165) is 23.3 Å². The highest BCUT2D eigenvalue weighted by molar-refractivity contribution is 7.15. The Morgan fingerprint density at radius 3 is 2.48 bits per heavy atom. The Morgan fingerprint density at radius 2 is 1.81 bits per heavy atom. The zero-order chi connectivity index (χ0) is 15.2. The first-order valence-electron chi connectivity index (χ1n) is 6.31. The summed E-state index contributed by atoms with van der Waals surface area (Å²) >= 11 is 6.93. The topological polar surface area (TPSA) is 55.4 Å². The van der Waals surface area contributed by atoms with Crippen molar-refractivity contribution in [3.63, 3.8) is 0 Å². The number of hydrogen-bond donors (Lipinski definition) is 1. The monoisotopic (exact) mass is 323 g/mol. The third kappa shape index (κ3) is 4.31. The summed E-state index contributed by atoms with van der Waals surface area (Å²) in [6.45, 7) is 0.520. The summed E-state index contributed by atoms with van der Waals surface area (Å²) in [5.41, 5.74) is 1.10. The molecule has 1 amide bonds. The Bertz CT molecular complexity index is 637. The van der Waals surface area contributed by atoms with Crippen LogP contribution in [0.15, 0.2) is 36.4 Å². The van der Waals surface area contributed by atoms with Crippen molar-refractivity contribution in [1.29, 1.82) is 0 Å². The molecule has 0 saturated carbocycles. The number of ether oxygens (including phenoxy) is 1. The molecule has 21 heavy (non-hydrogen) atoms. The minimum Gasteiger partial charge on any atom is -0.465 e. The molecule has 2 rings (SSSR count). The minimum absolute atomic E-state index is 0.191. The van der Waals surface area contributed by atoms with Crippen LogP contribution in [0.5, 0.6) is 0 Å². The number of rotatable bonds is 5. The fourth-order valence-electron chi connectivity index (χ4n) is 1.73. The van der Waals surface area contributed by atoms with Gasteiger partial charge in [-0.05, 0) is 36.2 Å². The van der Waals surface area contributed by atoms with E-state index in [9.17, 15) is 9.59 Å². The molecular formula is C15H14ClNO3S. The lowest BCUT2D eigenvalue weighted by Crippen LogP contribution is -2.24. The molecule has 0 radical (unpaired) electrons. The van der Waals surface area contributed by atoms with Gasteiger partial charge in [0.25, 0.3) is 5.91 Å². The van der Waals surface area contributed by atoms with Gasteiger partial charge in [0.05, 0.1) is 12.0 Å². The van der Waals surface area contributed by atoms with Crippen LogP contribution < -0.4 is 5.32 Å². The molecule has 0 aliphatic carbocycles. The molecule has 6 heteroatoms. The van der Waals surface area contributed by atoms with Crippen LogP contribution in [0, 0.1) is 0 Å². The van der Waals surface area contributed by atoms with Gasteiger partial charge in [-0.25, -0.2) is 4.79 Å². The molecule has 0 aliphatic rings. The lowest BCUT2D eigenvalue weighted by molar-refractivity contribution is 0.0606. The van der Waals surface area contributed by atoms with Gasteiger partial charge in [-0.2, -0.15) is 0 Å². The molecule has 1 heterocycles. The van der Waals surface area contributed by atoms with Crippen molar-refractivity contribution < 1.29 is 14.3 Å². The number of amides is 1. The normalized spacial score (nSPS) is 10.2. The van der Waals surface area contributed by atoms with Crippen molar-refractivity contribution in [1.82, 2.24) is 5.32 Å². The number of halogens is 1. The summed E-state index contributed by atoms with van der Waals surface area (Å²) in [7, 11) is 1.31. The first kappa shape index (κ1) is 15.5. The molecule has 1 aromatic carbocycles. The van der Waals surface area contributed by atoms with Crippen LogP contribution in [0.4, 0.5) is 0 Å². The molecule has 4 nitrogen and oxygen atoms in total. The van der Waals surface area contributed by atoms with E-state index in [1.54, 1.807) is 12.1 Å². The lowest BCUT2D eigenvalue weighted by Gasteiger charge is -2.04. The van der Waals surface area contributed by atoms with Gasteiger partial charge < -0.3 is 10.1 Å². The zero-order valence-electron chi connectivity index (χ0n) is 11.4. The fourth-order valence-corrected chi connectivity index (χ4v) is 2.70. The predicted molar refractivity (Wildman–Crippen MR) is 83.1 cm³/mol. The smallest absolute Gasteiger partial charge is 0.348 e. The summed E-state index contributed by atoms with van der Waals surface area (Å²) in [5.74, 6) is -0.621. The highest BCUT2D eigenvalue weighted by Gasteiger charge is 2.13. The van der Waals surface area contributed by atoms with E-state index in [2.05, 4.69) is 10.1 Å². The molecule has 0 fully saturated rings. The molecule has 2 aromatic rings. The van der Waals surface area contributed by atoms with Crippen molar-refractivity contribution in [2.45, 2.75) is 6.42 Å². The summed E-state index contributed by atoms with van der Waals surface area (Å²) in [5, 5.41) is 3.51. The standard InChI is InChI=1S/C15H14ClNO3S/c1-20-15(19)13-7-6-12(21-13)14(18)17-9-8-10-2-4-11(16)5-3-10/h2-7H,8-9H2,1H3,(H,17,18). The van der Waals surface area contributed by atoms with E-state index in [1.165, 1.54) is 7.11 Å². The average molecular weight is 324 g/mol. The van der Waals surface area contributed by atoms with Gasteiger partial charge in [0.1, 0.15) is 4.88 Å². The van der Waals surface area contributed by atoms with Crippen molar-refractivity contribution in [2.24, 2.45) is 0 Å². The van der Waals surface area contributed by atoms with Crippen molar-refractivity contribution in [3.05, 3.63) is 56.7 Å². The maximum Gasteiger partial charge on any atom is 0.348 e. The molecule has 0 spiro atoms. The molecule has 0 bridgehead atoms. The van der Waals surface area contributed by atoms with Gasteiger partial charge in [-0.1, -0.05) is 23.7 Å². The minimum atomic E-state index is -0.430. The molecule has 110 valence electrons. The van der Waals surface area contributed by atoms with Crippen LogP contribution >= 0.6 is 22.9 Å². The summed E-state index contributed by atoms with van der Waals surface area (Å²) in [6.07, 6.45) is 0.720. The van der Waals surface area contributed by atoms with Gasteiger partial charge in [-0.15, -0.1) is 11.3 Å². The Balaban J connectivity index is 1.85. The van der Waals surface area contributed by atoms with Crippen LogP contribution in [0.3, 0.4) is 0 Å². The average Bonchev–Trinajstić information content (AvgIpc) is 2.98. The number of methoxy groups -OCH3 is 1. The van der Waals surface area contributed by atoms with Gasteiger partial charge >= 0.3 is 5.97 Å². The van der Waals surface area contributed by atoms with E-state index in [4.69, 9.17) is 11.6 Å². The molecule has 0 aliphatic heterocycles. The van der Waals surface area contributed by atoms with Crippen LogP contribution in [0.25, 0.3) is 0 Å². The largest absolute Gasteiger partial charge is 0.465 e. The van der Waals surface area contributed by atoms with E-state index in [1.807, 2.05) is 24.3 Å². The van der Waals surface area contributed by atoms with Gasteiger partial charge in [-0.3, -0.25) is 4.79 Å². The van der Waals surface area contributed by atoms with E-state index >= 15 is 0 Å². The van der Waals surface area contributed by atoms with E-state index in [0.29, 0.717) is 21.3 Å². The number of hydrogen-bond acceptors (Lipinski definition) is 4. The molecule has 1 aromatic heterocycles. The number of carbonyl (C=O) groups excluding carboxylic acids is 2. The van der Waals surface area contributed by atoms with Gasteiger partial charge in [0.2, 0.25) is 0 Å². The maximum atomic E-state index is 11.9. The predicted octanol–water partition coefficient (Wildman–Crippen LogP) is 3.16. The summed E-state index contributed by atoms with van der Waals surface area (Å²) in [4.78, 5) is 24.2. The maximum absolute atomic E-state index is 11.9. The Labute approximate surface area is 131 Å². The first-order chi connectivity index (χ1) is 10.1. The summed E-state index contributed by atoms with van der Waals surface area (Å²) < 4.78 is 4.61. The number of thiophene rings is 1. The van der Waals surface area contributed by atoms with Crippen LogP contribution in [-0.2, 0) is 11.2 Å². The second-order valence-electron chi connectivity index (χ2n) is 4.29. The number of nitrogens with one attached hydrogen (secondary N) is 1. The van der Waals surface area contributed by atoms with Gasteiger partial charge in [0, 0.05) is 11.6 Å². The molecule has 1 N–H and O–H groups in total. The van der Waals surface area contributed by atoms with Crippen LogP contribution in [0.2, 0.25) is 5.02 Å². The van der Waals surface area contributed by atoms with Crippen molar-refractivity contribution >= 4 is 34.8 Å². The molecule has 0 saturated heterocycles. The third-order valence-electron chi connectivity index (χ3n) is 2.83. The number of benzene rings is 1. The highest BCUT2D eigenvalue weighted by atomic mass is 35.5. The van der Waals surface area contributed by atoms with Gasteiger partial charge in [0.15, 0.2) is 0 Å². The second kappa shape index (κ2) is 7.24. The van der Waals surface area contributed by atoms with Crippen molar-refractivity contribution in [2.75, 3.05) is 13.7 Å². The molecule has 0 unspecified atom stereocenters. The Kier molecular flexibility index (Phi) is 5.36. The van der Waals surface area contributed by atoms with Crippen LogP contribution in [0.1, 0.15) is 24.9 Å². The fraction of sp³-hybridized carbons (Fsp3) is 0.200. The Hall–Kier alpha value is -1.85. The Morgan fingerprint density at radius 1 is 1.14 bits per heavy atom. The second-order valence-corrected chi connectivity index (χ2v) is 5.81. The summed E-state index contributed by atoms with van der Waals surface area (Å²) in [6, 6.07) is 10.7. The quantitative estimate of drug-likeness (QED) is 0.860. The van der Waals surface area contributed by atoms with E-state index in [-0.39, 0.29) is 5.91 Å². The number of carbonyl (C=O) groups is 2. The van der Waals surface area contributed by atoms with E-state index < -0.39 is 5.97 Å². The third-order valence-corrected chi connectivity index (χ3v) is 4.14. The molecular weight excluding hydrogens is 310 g/mol. The first-order valence-corrected chi connectivity index (χ1v) is 7.50. The SMILES string of the molecule is COC(=O)c1ccc(C(=O)NCCc2ccc(Cl)cc2)s1. The van der Waals surface area contributed by atoms with Crippen LogP contribution in [-0.4, -0.2) is 25.5 Å². The van der Waals surface area contributed by atoms with Crippen molar-refractivity contribution in [3.8, 4) is 0 Å². The molecule has 0 atom stereocenters. The lowest BCUT2D eigenvalue weighted by atomic mass is 10.1. The highest BCUT2D eigenvalue weighted by Crippen LogP contribution is 2.17.